The topological polar surface area (TPSA) is 63.6 Å². The fourth-order valence-corrected chi connectivity index (χ4v) is 0.961. The molecule has 0 bridgehead atoms. The number of aryl methyl sites for hydroxylation is 1. The van der Waals surface area contributed by atoms with Gasteiger partial charge in [0, 0.05) is 7.05 Å². The van der Waals surface area contributed by atoms with Crippen molar-refractivity contribution in [2.24, 2.45) is 7.05 Å². The molecule has 0 fully saturated rings. The van der Waals surface area contributed by atoms with Crippen molar-refractivity contribution in [1.29, 1.82) is 0 Å². The molecule has 0 aliphatic carbocycles. The zero-order chi connectivity index (χ0) is 7.84. The van der Waals surface area contributed by atoms with Crippen LogP contribution in [0.2, 0.25) is 0 Å². The average Bonchev–Trinajstić information content (AvgIpc) is 2.31. The average molecular weight is 223 g/mol. The molecule has 2 aromatic heterocycles. The van der Waals surface area contributed by atoms with Gasteiger partial charge in [0.2, 0.25) is 0 Å². The van der Waals surface area contributed by atoms with Gasteiger partial charge < -0.3 is 4.98 Å². The van der Waals surface area contributed by atoms with Crippen molar-refractivity contribution in [3.8, 4) is 0 Å². The highest BCUT2D eigenvalue weighted by Crippen LogP contribution is 1.99. The van der Waals surface area contributed by atoms with Gasteiger partial charge in [-0.15, -0.1) is 24.8 Å². The minimum Gasteiger partial charge on any atom is -0.311 e. The van der Waals surface area contributed by atoms with Gasteiger partial charge >= 0.3 is 0 Å². The van der Waals surface area contributed by atoms with Gasteiger partial charge in [0.05, 0.1) is 12.5 Å². The molecule has 0 aliphatic heterocycles. The van der Waals surface area contributed by atoms with Crippen molar-refractivity contribution in [2.45, 2.75) is 0 Å². The molecule has 2 rings (SSSR count). The van der Waals surface area contributed by atoms with Crippen molar-refractivity contribution in [1.82, 2.24) is 19.7 Å². The summed E-state index contributed by atoms with van der Waals surface area (Å²) in [7, 11) is 1.75. The second-order valence-corrected chi connectivity index (χ2v) is 2.27. The van der Waals surface area contributed by atoms with Crippen LogP contribution in [0.3, 0.4) is 0 Å². The lowest BCUT2D eigenvalue weighted by Crippen LogP contribution is -2.05. The van der Waals surface area contributed by atoms with E-state index in [1.54, 1.807) is 17.9 Å². The minimum absolute atomic E-state index is 0. The molecule has 0 saturated carbocycles. The van der Waals surface area contributed by atoms with Crippen LogP contribution in [-0.2, 0) is 7.05 Å². The summed E-state index contributed by atoms with van der Waals surface area (Å²) >= 11 is 0. The first-order valence-corrected chi connectivity index (χ1v) is 3.14. The molecule has 5 nitrogen and oxygen atoms in total. The first-order valence-electron chi connectivity index (χ1n) is 3.14. The zero-order valence-corrected chi connectivity index (χ0v) is 8.35. The summed E-state index contributed by atoms with van der Waals surface area (Å²) in [5.74, 6) is 0. The fourth-order valence-electron chi connectivity index (χ4n) is 0.961. The van der Waals surface area contributed by atoms with Crippen molar-refractivity contribution < 1.29 is 0 Å². The van der Waals surface area contributed by atoms with Gasteiger partial charge in [-0.3, -0.25) is 9.48 Å². The largest absolute Gasteiger partial charge is 0.311 e. The number of aromatic amines is 1. The Bertz CT molecular complexity index is 449. The molecule has 0 spiro atoms. The molecule has 0 saturated heterocycles. The summed E-state index contributed by atoms with van der Waals surface area (Å²) in [5.41, 5.74) is 0.807. The molecule has 0 aliphatic rings. The molecule has 0 unspecified atom stereocenters. The lowest BCUT2D eigenvalue weighted by Gasteiger charge is -1.81. The number of aromatic nitrogens is 4. The van der Waals surface area contributed by atoms with E-state index in [0.717, 1.165) is 0 Å². The molecule has 13 heavy (non-hydrogen) atoms. The number of rotatable bonds is 0. The molecular weight excluding hydrogens is 215 g/mol. The summed E-state index contributed by atoms with van der Waals surface area (Å²) in [5, 5.41) is 3.92. The number of hydrogen-bond donors (Lipinski definition) is 1. The summed E-state index contributed by atoms with van der Waals surface area (Å²) in [6.45, 7) is 0. The number of H-pyrrole nitrogens is 1. The van der Waals surface area contributed by atoms with Crippen LogP contribution in [0.15, 0.2) is 17.3 Å². The molecule has 2 aromatic rings. The Hall–Kier alpha value is -1.07. The lowest BCUT2D eigenvalue weighted by molar-refractivity contribution is 0.778. The second kappa shape index (κ2) is 4.25. The van der Waals surface area contributed by atoms with Crippen LogP contribution < -0.4 is 5.56 Å². The Kier molecular flexibility index (Phi) is 3.90. The molecule has 0 radical (unpaired) electrons. The normalized spacial score (nSPS) is 9.00. The number of fused-ring (bicyclic) bond motifs is 1. The third-order valence-corrected chi connectivity index (χ3v) is 1.42. The third-order valence-electron chi connectivity index (χ3n) is 1.42. The summed E-state index contributed by atoms with van der Waals surface area (Å²) in [6, 6.07) is 0. The summed E-state index contributed by atoms with van der Waals surface area (Å²) in [6.07, 6.45) is 3.07. The van der Waals surface area contributed by atoms with Crippen LogP contribution >= 0.6 is 24.8 Å². The predicted octanol–water partition coefficient (Wildman–Crippen LogP) is 0.500. The molecule has 0 atom stereocenters. The van der Waals surface area contributed by atoms with E-state index in [9.17, 15) is 4.79 Å². The first kappa shape index (κ1) is 11.9. The smallest absolute Gasteiger partial charge is 0.279 e. The standard InChI is InChI=1S/C6H6N4O.2ClH/c1-10-2-4-5(9-10)6(11)8-3-7-4;;/h2-3H,1H3,(H,7,8,11);2*1H. The monoisotopic (exact) mass is 222 g/mol. The Morgan fingerprint density at radius 2 is 2.15 bits per heavy atom. The number of nitrogens with one attached hydrogen (secondary N) is 1. The van der Waals surface area contributed by atoms with Crippen molar-refractivity contribution in [3.63, 3.8) is 0 Å². The highest BCUT2D eigenvalue weighted by atomic mass is 35.5. The van der Waals surface area contributed by atoms with Gasteiger partial charge in [0.1, 0.15) is 5.52 Å². The van der Waals surface area contributed by atoms with Crippen molar-refractivity contribution in [2.75, 3.05) is 0 Å². The van der Waals surface area contributed by atoms with Gasteiger partial charge in [-0.05, 0) is 0 Å². The van der Waals surface area contributed by atoms with E-state index in [4.69, 9.17) is 0 Å². The van der Waals surface area contributed by atoms with Crippen molar-refractivity contribution in [3.05, 3.63) is 22.9 Å². The van der Waals surface area contributed by atoms with Gasteiger partial charge in [0.25, 0.3) is 5.56 Å². The van der Waals surface area contributed by atoms with Crippen LogP contribution in [0.25, 0.3) is 11.0 Å². The molecular formula is C6H8Cl2N4O. The van der Waals surface area contributed by atoms with E-state index in [1.165, 1.54) is 6.33 Å². The second-order valence-electron chi connectivity index (χ2n) is 2.27. The summed E-state index contributed by atoms with van der Waals surface area (Å²) in [4.78, 5) is 17.4. The van der Waals surface area contributed by atoms with Gasteiger partial charge in [-0.25, -0.2) is 4.98 Å². The highest BCUT2D eigenvalue weighted by Gasteiger charge is 2.01. The molecule has 0 aromatic carbocycles. The van der Waals surface area contributed by atoms with E-state index < -0.39 is 0 Å². The highest BCUT2D eigenvalue weighted by molar-refractivity contribution is 5.85. The number of hydrogen-bond acceptors (Lipinski definition) is 3. The minimum atomic E-state index is -0.199. The molecule has 2 heterocycles. The maximum Gasteiger partial charge on any atom is 0.279 e. The van der Waals surface area contributed by atoms with Gasteiger partial charge in [-0.2, -0.15) is 5.10 Å². The quantitative estimate of drug-likeness (QED) is 0.707. The molecule has 72 valence electrons. The zero-order valence-electron chi connectivity index (χ0n) is 6.72. The number of nitrogens with zero attached hydrogens (tertiary/aromatic N) is 3. The Morgan fingerprint density at radius 3 is 2.77 bits per heavy atom. The lowest BCUT2D eigenvalue weighted by atomic mass is 10.5. The van der Waals surface area contributed by atoms with E-state index in [2.05, 4.69) is 15.1 Å². The Labute approximate surface area is 86.0 Å². The molecule has 0 amide bonds. The van der Waals surface area contributed by atoms with E-state index in [-0.39, 0.29) is 30.4 Å². The van der Waals surface area contributed by atoms with Crippen LogP contribution in [0.5, 0.6) is 0 Å². The van der Waals surface area contributed by atoms with Crippen LogP contribution in [0.1, 0.15) is 0 Å². The van der Waals surface area contributed by atoms with Gasteiger partial charge in [0.15, 0.2) is 5.52 Å². The number of halogens is 2. The summed E-state index contributed by atoms with van der Waals surface area (Å²) < 4.78 is 1.56. The molecule has 7 heteroatoms. The van der Waals surface area contributed by atoms with E-state index >= 15 is 0 Å². The first-order chi connectivity index (χ1) is 5.27. The van der Waals surface area contributed by atoms with Crippen LogP contribution in [0, 0.1) is 0 Å². The molecule has 1 N–H and O–H groups in total. The maximum atomic E-state index is 11.0. The van der Waals surface area contributed by atoms with Crippen LogP contribution in [0.4, 0.5) is 0 Å². The Morgan fingerprint density at radius 1 is 1.46 bits per heavy atom. The fraction of sp³-hybridized carbons (Fsp3) is 0.167. The van der Waals surface area contributed by atoms with E-state index in [0.29, 0.717) is 11.0 Å². The maximum absolute atomic E-state index is 11.0. The van der Waals surface area contributed by atoms with Crippen molar-refractivity contribution >= 4 is 35.8 Å². The van der Waals surface area contributed by atoms with Gasteiger partial charge in [-0.1, -0.05) is 0 Å². The van der Waals surface area contributed by atoms with Crippen LogP contribution in [-0.4, -0.2) is 19.7 Å². The third kappa shape index (κ3) is 1.99. The SMILES string of the molecule is Cl.Cl.Cn1cc2nc[nH]c(=O)c2n1. The van der Waals surface area contributed by atoms with E-state index in [1.807, 2.05) is 0 Å². The Balaban J connectivity index is 0.000000720. The predicted molar refractivity (Wildman–Crippen MR) is 53.6 cm³/mol.